The minimum Gasteiger partial charge on any atom is -0.493 e. The van der Waals surface area contributed by atoms with E-state index < -0.39 is 0 Å². The number of rotatable bonds is 8. The number of amides is 1. The van der Waals surface area contributed by atoms with Gasteiger partial charge in [0.2, 0.25) is 5.88 Å². The Bertz CT molecular complexity index is 1210. The average molecular weight is 507 g/mol. The number of fused-ring (bicyclic) bond motifs is 1. The Morgan fingerprint density at radius 2 is 1.57 bits per heavy atom. The lowest BCUT2D eigenvalue weighted by atomic mass is 10.00. The lowest BCUT2D eigenvalue weighted by Gasteiger charge is -2.40. The maximum atomic E-state index is 12.7. The second kappa shape index (κ2) is 11.6. The van der Waals surface area contributed by atoms with Crippen molar-refractivity contribution in [3.63, 3.8) is 0 Å². The summed E-state index contributed by atoms with van der Waals surface area (Å²) < 4.78 is 22.6. The average Bonchev–Trinajstić information content (AvgIpc) is 2.96. The van der Waals surface area contributed by atoms with Crippen LogP contribution in [0.4, 0.5) is 0 Å². The topological polar surface area (TPSA) is 86.3 Å². The number of aromatic nitrogens is 2. The summed E-state index contributed by atoms with van der Waals surface area (Å²) in [6.07, 6.45) is 7.50. The number of carbonyl (C=O) groups is 1. The fourth-order valence-corrected chi connectivity index (χ4v) is 5.16. The molecule has 5 rings (SSSR count). The molecule has 2 aliphatic heterocycles. The van der Waals surface area contributed by atoms with E-state index in [-0.39, 0.29) is 12.5 Å². The molecule has 9 nitrogen and oxygen atoms in total. The normalized spacial score (nSPS) is 17.0. The Labute approximate surface area is 217 Å². The standard InChI is InChI=1S/C28H34N4O5/c1-34-25-16-23-24(17-26(25)35-2)29-19-30-28(23)37-22-8-6-21(7-9-22)36-18-27(33)32-14-10-20(11-15-32)31-12-4-3-5-13-31/h6-9,16-17,19-20H,3-5,10-15,18H2,1-2H3. The minimum atomic E-state index is 0.0345. The van der Waals surface area contributed by atoms with Crippen LogP contribution in [0.3, 0.4) is 0 Å². The number of hydrogen-bond donors (Lipinski definition) is 0. The van der Waals surface area contributed by atoms with Gasteiger partial charge in [0.1, 0.15) is 17.8 Å². The zero-order valence-corrected chi connectivity index (χ0v) is 21.5. The van der Waals surface area contributed by atoms with Crippen LogP contribution in [0.2, 0.25) is 0 Å². The first-order chi connectivity index (χ1) is 18.1. The van der Waals surface area contributed by atoms with Crippen LogP contribution in [0.15, 0.2) is 42.7 Å². The fourth-order valence-electron chi connectivity index (χ4n) is 5.16. The number of methoxy groups -OCH3 is 2. The Morgan fingerprint density at radius 3 is 2.27 bits per heavy atom. The third-order valence-corrected chi connectivity index (χ3v) is 7.23. The number of likely N-dealkylation sites (tertiary alicyclic amines) is 2. The molecule has 3 aromatic rings. The second-order valence-corrected chi connectivity index (χ2v) is 9.47. The molecule has 9 heteroatoms. The van der Waals surface area contributed by atoms with E-state index in [1.165, 1.54) is 38.7 Å². The molecule has 1 aromatic heterocycles. The third-order valence-electron chi connectivity index (χ3n) is 7.23. The van der Waals surface area contributed by atoms with E-state index in [0.29, 0.717) is 45.8 Å². The molecule has 3 heterocycles. The van der Waals surface area contributed by atoms with Gasteiger partial charge in [0.25, 0.3) is 5.91 Å². The van der Waals surface area contributed by atoms with E-state index >= 15 is 0 Å². The lowest BCUT2D eigenvalue weighted by molar-refractivity contribution is -0.135. The molecule has 196 valence electrons. The summed E-state index contributed by atoms with van der Waals surface area (Å²) in [4.78, 5) is 25.9. The van der Waals surface area contributed by atoms with Crippen molar-refractivity contribution < 1.29 is 23.7 Å². The van der Waals surface area contributed by atoms with Crippen LogP contribution < -0.4 is 18.9 Å². The first-order valence-corrected chi connectivity index (χ1v) is 12.9. The highest BCUT2D eigenvalue weighted by Crippen LogP contribution is 2.36. The highest BCUT2D eigenvalue weighted by molar-refractivity contribution is 5.87. The van der Waals surface area contributed by atoms with Gasteiger partial charge < -0.3 is 28.7 Å². The molecule has 1 amide bonds. The monoisotopic (exact) mass is 506 g/mol. The van der Waals surface area contributed by atoms with E-state index in [1.54, 1.807) is 50.6 Å². The van der Waals surface area contributed by atoms with Gasteiger partial charge in [0, 0.05) is 25.2 Å². The Morgan fingerprint density at radius 1 is 0.892 bits per heavy atom. The van der Waals surface area contributed by atoms with Crippen molar-refractivity contribution in [2.45, 2.75) is 38.1 Å². The van der Waals surface area contributed by atoms with E-state index in [4.69, 9.17) is 18.9 Å². The van der Waals surface area contributed by atoms with E-state index in [0.717, 1.165) is 25.9 Å². The molecule has 0 saturated carbocycles. The van der Waals surface area contributed by atoms with Gasteiger partial charge in [-0.15, -0.1) is 0 Å². The molecular formula is C28H34N4O5. The highest BCUT2D eigenvalue weighted by atomic mass is 16.5. The molecule has 0 radical (unpaired) electrons. The Balaban J connectivity index is 1.15. The van der Waals surface area contributed by atoms with Crippen LogP contribution in [0.25, 0.3) is 10.9 Å². The molecule has 2 fully saturated rings. The van der Waals surface area contributed by atoms with Crippen LogP contribution in [0.1, 0.15) is 32.1 Å². The highest BCUT2D eigenvalue weighted by Gasteiger charge is 2.27. The number of nitrogens with zero attached hydrogens (tertiary/aromatic N) is 4. The minimum absolute atomic E-state index is 0.0345. The number of hydrogen-bond acceptors (Lipinski definition) is 8. The summed E-state index contributed by atoms with van der Waals surface area (Å²) in [5.41, 5.74) is 0.682. The third kappa shape index (κ3) is 5.88. The number of ether oxygens (including phenoxy) is 4. The van der Waals surface area contributed by atoms with Crippen LogP contribution in [0, 0.1) is 0 Å². The van der Waals surface area contributed by atoms with Crippen molar-refractivity contribution in [2.24, 2.45) is 0 Å². The fraction of sp³-hybridized carbons (Fsp3) is 0.464. The van der Waals surface area contributed by atoms with Crippen molar-refractivity contribution in [1.82, 2.24) is 19.8 Å². The zero-order chi connectivity index (χ0) is 25.6. The molecule has 2 aliphatic rings. The number of benzene rings is 2. The van der Waals surface area contributed by atoms with E-state index in [1.807, 2.05) is 4.90 Å². The number of carbonyl (C=O) groups excluding carboxylic acids is 1. The van der Waals surface area contributed by atoms with Crippen molar-refractivity contribution in [1.29, 1.82) is 0 Å². The van der Waals surface area contributed by atoms with Crippen LogP contribution in [-0.2, 0) is 4.79 Å². The van der Waals surface area contributed by atoms with Gasteiger partial charge in [-0.3, -0.25) is 4.79 Å². The van der Waals surface area contributed by atoms with Gasteiger partial charge in [-0.2, -0.15) is 0 Å². The molecule has 0 aliphatic carbocycles. The molecule has 0 N–H and O–H groups in total. The summed E-state index contributed by atoms with van der Waals surface area (Å²) in [7, 11) is 3.16. The molecule has 2 saturated heterocycles. The summed E-state index contributed by atoms with van der Waals surface area (Å²) >= 11 is 0. The number of piperidine rings is 2. The molecule has 0 spiro atoms. The summed E-state index contributed by atoms with van der Waals surface area (Å²) in [5.74, 6) is 2.80. The lowest BCUT2D eigenvalue weighted by Crippen LogP contribution is -2.49. The van der Waals surface area contributed by atoms with Crippen LogP contribution >= 0.6 is 0 Å². The summed E-state index contributed by atoms with van der Waals surface area (Å²) in [5, 5.41) is 0.704. The van der Waals surface area contributed by atoms with Crippen LogP contribution in [-0.4, -0.2) is 78.7 Å². The smallest absolute Gasteiger partial charge is 0.260 e. The predicted molar refractivity (Wildman–Crippen MR) is 140 cm³/mol. The second-order valence-electron chi connectivity index (χ2n) is 9.47. The molecule has 0 bridgehead atoms. The quantitative estimate of drug-likeness (QED) is 0.447. The molecule has 2 aromatic carbocycles. The van der Waals surface area contributed by atoms with Crippen molar-refractivity contribution in [3.05, 3.63) is 42.7 Å². The zero-order valence-electron chi connectivity index (χ0n) is 21.5. The van der Waals surface area contributed by atoms with E-state index in [9.17, 15) is 4.79 Å². The first kappa shape index (κ1) is 25.1. The van der Waals surface area contributed by atoms with Gasteiger partial charge in [0.05, 0.1) is 25.1 Å². The Kier molecular flexibility index (Phi) is 7.89. The maximum Gasteiger partial charge on any atom is 0.260 e. The largest absolute Gasteiger partial charge is 0.493 e. The van der Waals surface area contributed by atoms with E-state index in [2.05, 4.69) is 14.9 Å². The molecule has 37 heavy (non-hydrogen) atoms. The van der Waals surface area contributed by atoms with Crippen molar-refractivity contribution in [3.8, 4) is 28.9 Å². The van der Waals surface area contributed by atoms with Gasteiger partial charge in [0.15, 0.2) is 18.1 Å². The predicted octanol–water partition coefficient (Wildman–Crippen LogP) is 4.30. The molecular weight excluding hydrogens is 472 g/mol. The van der Waals surface area contributed by atoms with Crippen molar-refractivity contribution >= 4 is 16.8 Å². The first-order valence-electron chi connectivity index (χ1n) is 12.9. The van der Waals surface area contributed by atoms with Gasteiger partial charge in [-0.25, -0.2) is 9.97 Å². The summed E-state index contributed by atoms with van der Waals surface area (Å²) in [6, 6.07) is 11.4. The van der Waals surface area contributed by atoms with Gasteiger partial charge >= 0.3 is 0 Å². The van der Waals surface area contributed by atoms with Crippen molar-refractivity contribution in [2.75, 3.05) is 47.0 Å². The molecule has 0 atom stereocenters. The maximum absolute atomic E-state index is 12.7. The van der Waals surface area contributed by atoms with Gasteiger partial charge in [-0.1, -0.05) is 6.42 Å². The SMILES string of the molecule is COc1cc2ncnc(Oc3ccc(OCC(=O)N4CCC(N5CCCCC5)CC4)cc3)c2cc1OC. The van der Waals surface area contributed by atoms with Gasteiger partial charge in [-0.05, 0) is 69.1 Å². The molecule has 0 unspecified atom stereocenters. The van der Waals surface area contributed by atoms with Crippen LogP contribution in [0.5, 0.6) is 28.9 Å². The Hall–Kier alpha value is -3.59. The summed E-state index contributed by atoms with van der Waals surface area (Å²) in [6.45, 7) is 4.06.